The van der Waals surface area contributed by atoms with Crippen molar-refractivity contribution < 1.29 is 14.3 Å². The zero-order valence-electron chi connectivity index (χ0n) is 20.4. The third-order valence-electron chi connectivity index (χ3n) is 6.98. The van der Waals surface area contributed by atoms with Crippen LogP contribution in [0.15, 0.2) is 48.5 Å². The maximum absolute atomic E-state index is 13.8. The number of carbonyl (C=O) groups excluding carboxylic acids is 2. The van der Waals surface area contributed by atoms with Crippen molar-refractivity contribution in [3.05, 3.63) is 65.4 Å². The second-order valence-electron chi connectivity index (χ2n) is 10.5. The highest BCUT2D eigenvalue weighted by molar-refractivity contribution is 6.08. The summed E-state index contributed by atoms with van der Waals surface area (Å²) in [4.78, 5) is 34.4. The fourth-order valence-corrected chi connectivity index (χ4v) is 5.34. The predicted octanol–water partition coefficient (Wildman–Crippen LogP) is 4.23. The van der Waals surface area contributed by atoms with Crippen molar-refractivity contribution in [3.63, 3.8) is 0 Å². The number of aromatic amines is 1. The van der Waals surface area contributed by atoms with Gasteiger partial charge in [-0.1, -0.05) is 30.3 Å². The summed E-state index contributed by atoms with van der Waals surface area (Å²) in [5.74, 6) is 0.624. The number of carbonyl (C=O) groups is 2. The number of nitrogens with one attached hydrogen (secondary N) is 2. The van der Waals surface area contributed by atoms with Gasteiger partial charge in [0, 0.05) is 41.6 Å². The molecule has 3 aromatic rings. The van der Waals surface area contributed by atoms with Crippen molar-refractivity contribution in [3.8, 4) is 5.75 Å². The van der Waals surface area contributed by atoms with Gasteiger partial charge < -0.3 is 15.0 Å². The maximum atomic E-state index is 13.8. The molecule has 2 aliphatic heterocycles. The van der Waals surface area contributed by atoms with Crippen molar-refractivity contribution in [2.24, 2.45) is 0 Å². The smallest absolute Gasteiger partial charge is 0.328 e. The zero-order chi connectivity index (χ0) is 24.3. The Bertz CT molecular complexity index is 1260. The fourth-order valence-electron chi connectivity index (χ4n) is 5.34. The lowest BCUT2D eigenvalue weighted by Crippen LogP contribution is -2.53. The summed E-state index contributed by atoms with van der Waals surface area (Å²) in [5, 5.41) is 4.42. The molecule has 2 atom stereocenters. The first-order valence-electron chi connectivity index (χ1n) is 11.8. The second kappa shape index (κ2) is 7.87. The van der Waals surface area contributed by atoms with Crippen LogP contribution in [0, 0.1) is 0 Å². The Kier molecular flexibility index (Phi) is 5.20. The minimum Gasteiger partial charge on any atom is -0.497 e. The van der Waals surface area contributed by atoms with Gasteiger partial charge in [0.05, 0.1) is 7.11 Å². The summed E-state index contributed by atoms with van der Waals surface area (Å²) in [7, 11) is 1.65. The molecule has 178 valence electrons. The molecule has 2 aliphatic rings. The normalized spacial score (nSPS) is 22.3. The van der Waals surface area contributed by atoms with Crippen LogP contribution in [0.3, 0.4) is 0 Å². The molecule has 0 aliphatic carbocycles. The first-order chi connectivity index (χ1) is 16.1. The van der Waals surface area contributed by atoms with Crippen LogP contribution in [-0.4, -0.2) is 58.0 Å². The number of hydrogen-bond acceptors (Lipinski definition) is 4. The summed E-state index contributed by atoms with van der Waals surface area (Å²) < 4.78 is 5.47. The molecule has 0 radical (unpaired) electrons. The molecule has 0 saturated carbocycles. The molecule has 5 rings (SSSR count). The lowest BCUT2D eigenvalue weighted by molar-refractivity contribution is -0.133. The van der Waals surface area contributed by atoms with Crippen LogP contribution in [0.1, 0.15) is 50.6 Å². The standard InChI is InChI=1S/C27H32N4O3/c1-26(2,3)28-13-14-30-24(32)27(4)16-20-19-15-18(34-5)11-12-21(19)29-22(20)23(31(27)25(30)33)17-9-7-6-8-10-17/h6-12,15,23,28-29H,13-14,16H2,1-5H3/t23-,27+/m1/s1. The number of fused-ring (bicyclic) bond motifs is 4. The zero-order valence-corrected chi connectivity index (χ0v) is 20.4. The van der Waals surface area contributed by atoms with Gasteiger partial charge in [-0.05, 0) is 57.0 Å². The molecule has 0 unspecified atom stereocenters. The highest BCUT2D eigenvalue weighted by atomic mass is 16.5. The SMILES string of the molecule is COc1ccc2[nH]c3c(c2c1)C[C@@]1(C)C(=O)N(CCNC(C)(C)C)C(=O)N1[C@@H]3c1ccccc1. The van der Waals surface area contributed by atoms with Gasteiger partial charge in [0.15, 0.2) is 0 Å². The van der Waals surface area contributed by atoms with Crippen LogP contribution < -0.4 is 10.1 Å². The summed E-state index contributed by atoms with van der Waals surface area (Å²) in [6.07, 6.45) is 0.451. The van der Waals surface area contributed by atoms with Gasteiger partial charge in [-0.25, -0.2) is 4.79 Å². The van der Waals surface area contributed by atoms with Crippen LogP contribution >= 0.6 is 0 Å². The Labute approximate surface area is 200 Å². The van der Waals surface area contributed by atoms with Crippen LogP contribution in [-0.2, 0) is 11.2 Å². The number of amides is 3. The molecule has 1 aromatic heterocycles. The van der Waals surface area contributed by atoms with Crippen molar-refractivity contribution >= 4 is 22.8 Å². The third-order valence-corrected chi connectivity index (χ3v) is 6.98. The largest absolute Gasteiger partial charge is 0.497 e. The number of hydrogen-bond donors (Lipinski definition) is 2. The second-order valence-corrected chi connectivity index (χ2v) is 10.5. The van der Waals surface area contributed by atoms with Crippen LogP contribution in [0.25, 0.3) is 10.9 Å². The predicted molar refractivity (Wildman–Crippen MR) is 132 cm³/mol. The molecule has 34 heavy (non-hydrogen) atoms. The first-order valence-corrected chi connectivity index (χ1v) is 11.8. The molecule has 0 bridgehead atoms. The quantitative estimate of drug-likeness (QED) is 0.559. The molecule has 7 heteroatoms. The van der Waals surface area contributed by atoms with E-state index < -0.39 is 5.54 Å². The summed E-state index contributed by atoms with van der Waals surface area (Å²) in [6, 6.07) is 15.3. The summed E-state index contributed by atoms with van der Waals surface area (Å²) in [5.41, 5.74) is 2.92. The maximum Gasteiger partial charge on any atom is 0.328 e. The van der Waals surface area contributed by atoms with Crippen molar-refractivity contribution in [2.75, 3.05) is 20.2 Å². The summed E-state index contributed by atoms with van der Waals surface area (Å²) >= 11 is 0. The first kappa shape index (κ1) is 22.5. The molecule has 3 amide bonds. The molecular formula is C27H32N4O3. The number of benzene rings is 2. The van der Waals surface area contributed by atoms with Gasteiger partial charge in [0.2, 0.25) is 0 Å². The van der Waals surface area contributed by atoms with Gasteiger partial charge in [-0.15, -0.1) is 0 Å². The van der Waals surface area contributed by atoms with E-state index in [2.05, 4.69) is 31.1 Å². The van der Waals surface area contributed by atoms with Crippen LogP contribution in [0.5, 0.6) is 5.75 Å². The van der Waals surface area contributed by atoms with E-state index in [4.69, 9.17) is 4.74 Å². The molecule has 2 aromatic carbocycles. The van der Waals surface area contributed by atoms with Gasteiger partial charge in [0.1, 0.15) is 17.3 Å². The highest BCUT2D eigenvalue weighted by Gasteiger charge is 2.60. The molecule has 2 N–H and O–H groups in total. The van der Waals surface area contributed by atoms with Gasteiger partial charge >= 0.3 is 6.03 Å². The average Bonchev–Trinajstić information content (AvgIpc) is 3.24. The minimum atomic E-state index is -0.968. The number of H-pyrrole nitrogens is 1. The Morgan fingerprint density at radius 2 is 1.88 bits per heavy atom. The lowest BCUT2D eigenvalue weighted by Gasteiger charge is -2.42. The number of urea groups is 1. The number of methoxy groups -OCH3 is 1. The number of aromatic nitrogens is 1. The van der Waals surface area contributed by atoms with E-state index in [-0.39, 0.29) is 23.5 Å². The van der Waals surface area contributed by atoms with E-state index in [9.17, 15) is 9.59 Å². The van der Waals surface area contributed by atoms with Crippen LogP contribution in [0.4, 0.5) is 4.79 Å². The molecule has 7 nitrogen and oxygen atoms in total. The highest BCUT2D eigenvalue weighted by Crippen LogP contribution is 2.48. The van der Waals surface area contributed by atoms with Gasteiger partial charge in [0.25, 0.3) is 5.91 Å². The summed E-state index contributed by atoms with van der Waals surface area (Å²) in [6.45, 7) is 9.01. The van der Waals surface area contributed by atoms with Crippen molar-refractivity contribution in [2.45, 2.75) is 51.2 Å². The molecule has 3 heterocycles. The molecular weight excluding hydrogens is 428 g/mol. The van der Waals surface area contributed by atoms with Crippen molar-refractivity contribution in [1.82, 2.24) is 20.1 Å². The monoisotopic (exact) mass is 460 g/mol. The number of nitrogens with zero attached hydrogens (tertiary/aromatic N) is 2. The fraction of sp³-hybridized carbons (Fsp3) is 0.407. The van der Waals surface area contributed by atoms with E-state index in [1.54, 1.807) is 12.0 Å². The number of ether oxygens (including phenoxy) is 1. The van der Waals surface area contributed by atoms with Crippen molar-refractivity contribution in [1.29, 1.82) is 0 Å². The average molecular weight is 461 g/mol. The topological polar surface area (TPSA) is 77.7 Å². The van der Waals surface area contributed by atoms with E-state index >= 15 is 0 Å². The van der Waals surface area contributed by atoms with Gasteiger partial charge in [-0.2, -0.15) is 0 Å². The minimum absolute atomic E-state index is 0.0925. The molecule has 1 fully saturated rings. The van der Waals surface area contributed by atoms with Gasteiger partial charge in [-0.3, -0.25) is 14.6 Å². The molecule has 1 saturated heterocycles. The lowest BCUT2D eigenvalue weighted by atomic mass is 9.81. The Morgan fingerprint density at radius 1 is 1.15 bits per heavy atom. The third kappa shape index (κ3) is 3.46. The number of imide groups is 1. The Balaban J connectivity index is 1.62. The number of rotatable bonds is 5. The van der Waals surface area contributed by atoms with E-state index in [1.165, 1.54) is 4.90 Å². The van der Waals surface area contributed by atoms with E-state index in [1.807, 2.05) is 55.5 Å². The van der Waals surface area contributed by atoms with E-state index in [0.29, 0.717) is 19.5 Å². The Hall–Kier alpha value is -3.32. The molecule has 0 spiro atoms. The van der Waals surface area contributed by atoms with Crippen LogP contribution in [0.2, 0.25) is 0 Å². The van der Waals surface area contributed by atoms with E-state index in [0.717, 1.165) is 33.5 Å². The Morgan fingerprint density at radius 3 is 2.56 bits per heavy atom.